The molecule has 1 aromatic rings. The van der Waals surface area contributed by atoms with E-state index in [1.807, 2.05) is 0 Å². The topological polar surface area (TPSA) is 101 Å². The number of carbonyl (C=O) groups is 1. The molecular weight excluding hydrogens is 290 g/mol. The van der Waals surface area contributed by atoms with E-state index in [0.717, 1.165) is 18.4 Å². The minimum atomic E-state index is -3.40. The summed E-state index contributed by atoms with van der Waals surface area (Å²) < 4.78 is 26.6. The van der Waals surface area contributed by atoms with E-state index in [1.54, 1.807) is 24.3 Å². The van der Waals surface area contributed by atoms with Crippen LogP contribution in [0.15, 0.2) is 29.2 Å². The summed E-state index contributed by atoms with van der Waals surface area (Å²) >= 11 is 0. The normalized spacial score (nSPS) is 14.9. The van der Waals surface area contributed by atoms with Crippen LogP contribution in [0.4, 0.5) is 0 Å². The third-order valence-electron chi connectivity index (χ3n) is 3.24. The second-order valence-electron chi connectivity index (χ2n) is 5.18. The minimum Gasteiger partial charge on any atom is -0.355 e. The molecule has 0 bridgehead atoms. The van der Waals surface area contributed by atoms with Crippen molar-refractivity contribution in [3.63, 3.8) is 0 Å². The van der Waals surface area contributed by atoms with E-state index in [-0.39, 0.29) is 16.8 Å². The van der Waals surface area contributed by atoms with E-state index in [9.17, 15) is 13.2 Å². The first-order chi connectivity index (χ1) is 10.0. The molecule has 0 radical (unpaired) electrons. The van der Waals surface area contributed by atoms with Gasteiger partial charge in [0.05, 0.1) is 4.90 Å². The van der Waals surface area contributed by atoms with Crippen LogP contribution >= 0.6 is 0 Å². The van der Waals surface area contributed by atoms with Gasteiger partial charge >= 0.3 is 0 Å². The summed E-state index contributed by atoms with van der Waals surface area (Å²) in [5.41, 5.74) is 6.24. The van der Waals surface area contributed by atoms with Gasteiger partial charge in [-0.1, -0.05) is 12.1 Å². The van der Waals surface area contributed by atoms with Crippen molar-refractivity contribution in [2.24, 2.45) is 5.73 Å². The van der Waals surface area contributed by atoms with E-state index in [2.05, 4.69) is 10.0 Å². The SMILES string of the molecule is NCCNC(=O)CCc1ccc(S(=O)(=O)NC2CC2)cc1. The monoisotopic (exact) mass is 311 g/mol. The number of hydrogen-bond acceptors (Lipinski definition) is 4. The number of sulfonamides is 1. The standard InChI is InChI=1S/C14H21N3O3S/c15-9-10-16-14(18)8-3-11-1-6-13(7-2-11)21(19,20)17-12-4-5-12/h1-2,6-7,12,17H,3-5,8-10,15H2,(H,16,18). The van der Waals surface area contributed by atoms with Crippen LogP contribution in [0.1, 0.15) is 24.8 Å². The van der Waals surface area contributed by atoms with Gasteiger partial charge in [-0.2, -0.15) is 0 Å². The van der Waals surface area contributed by atoms with Gasteiger partial charge in [0.15, 0.2) is 0 Å². The fourth-order valence-corrected chi connectivity index (χ4v) is 3.19. The molecule has 0 saturated heterocycles. The molecule has 2 rings (SSSR count). The molecule has 0 spiro atoms. The van der Waals surface area contributed by atoms with E-state index in [0.29, 0.717) is 25.9 Å². The predicted molar refractivity (Wildman–Crippen MR) is 80.2 cm³/mol. The average Bonchev–Trinajstić information content (AvgIpc) is 3.26. The molecule has 1 saturated carbocycles. The molecule has 1 fully saturated rings. The zero-order valence-corrected chi connectivity index (χ0v) is 12.7. The smallest absolute Gasteiger partial charge is 0.240 e. The lowest BCUT2D eigenvalue weighted by atomic mass is 10.1. The van der Waals surface area contributed by atoms with Crippen LogP contribution in [0.2, 0.25) is 0 Å². The fourth-order valence-electron chi connectivity index (χ4n) is 1.88. The maximum atomic E-state index is 12.0. The molecular formula is C14H21N3O3S. The van der Waals surface area contributed by atoms with Gasteiger partial charge in [-0.25, -0.2) is 13.1 Å². The quantitative estimate of drug-likeness (QED) is 0.635. The number of nitrogens with one attached hydrogen (secondary N) is 2. The van der Waals surface area contributed by atoms with Crippen LogP contribution < -0.4 is 15.8 Å². The number of amides is 1. The van der Waals surface area contributed by atoms with Crippen molar-refractivity contribution in [1.29, 1.82) is 0 Å². The Morgan fingerprint density at radius 1 is 1.24 bits per heavy atom. The third-order valence-corrected chi connectivity index (χ3v) is 4.78. The van der Waals surface area contributed by atoms with Gasteiger partial charge in [0, 0.05) is 25.6 Å². The molecule has 0 atom stereocenters. The summed E-state index contributed by atoms with van der Waals surface area (Å²) in [6, 6.07) is 6.76. The Bertz CT molecular complexity index is 580. The lowest BCUT2D eigenvalue weighted by molar-refractivity contribution is -0.120. The zero-order valence-electron chi connectivity index (χ0n) is 11.8. The Kier molecular flexibility index (Phi) is 5.33. The molecule has 1 aliphatic carbocycles. The number of hydrogen-bond donors (Lipinski definition) is 3. The Morgan fingerprint density at radius 3 is 2.48 bits per heavy atom. The summed E-state index contributed by atoms with van der Waals surface area (Å²) in [5.74, 6) is -0.0486. The third kappa shape index (κ3) is 5.11. The van der Waals surface area contributed by atoms with Crippen molar-refractivity contribution in [2.75, 3.05) is 13.1 Å². The number of benzene rings is 1. The Labute approximate surface area is 125 Å². The van der Waals surface area contributed by atoms with Crippen molar-refractivity contribution in [2.45, 2.75) is 36.6 Å². The number of nitrogens with two attached hydrogens (primary N) is 1. The molecule has 116 valence electrons. The lowest BCUT2D eigenvalue weighted by Crippen LogP contribution is -2.29. The molecule has 1 aliphatic rings. The Hall–Kier alpha value is -1.44. The molecule has 0 aliphatic heterocycles. The second-order valence-corrected chi connectivity index (χ2v) is 6.89. The summed E-state index contributed by atoms with van der Waals surface area (Å²) in [6.07, 6.45) is 2.77. The molecule has 0 aromatic heterocycles. The van der Waals surface area contributed by atoms with Crippen LogP contribution in [0, 0.1) is 0 Å². The minimum absolute atomic E-state index is 0.0486. The molecule has 0 unspecified atom stereocenters. The van der Waals surface area contributed by atoms with Gasteiger partial charge in [-0.3, -0.25) is 4.79 Å². The van der Waals surface area contributed by atoms with Gasteiger partial charge in [0.2, 0.25) is 15.9 Å². The van der Waals surface area contributed by atoms with E-state index >= 15 is 0 Å². The molecule has 6 nitrogen and oxygen atoms in total. The molecule has 4 N–H and O–H groups in total. The van der Waals surface area contributed by atoms with Crippen LogP contribution in [0.5, 0.6) is 0 Å². The first-order valence-corrected chi connectivity index (χ1v) is 8.57. The van der Waals surface area contributed by atoms with Crippen molar-refractivity contribution in [3.8, 4) is 0 Å². The van der Waals surface area contributed by atoms with Crippen molar-refractivity contribution >= 4 is 15.9 Å². The first kappa shape index (κ1) is 15.9. The number of carbonyl (C=O) groups excluding carboxylic acids is 1. The molecule has 7 heteroatoms. The fraction of sp³-hybridized carbons (Fsp3) is 0.500. The van der Waals surface area contributed by atoms with Gasteiger partial charge in [-0.15, -0.1) is 0 Å². The maximum Gasteiger partial charge on any atom is 0.240 e. The summed E-state index contributed by atoms with van der Waals surface area (Å²) in [4.78, 5) is 11.7. The predicted octanol–water partition coefficient (Wildman–Crippen LogP) is 0.135. The molecule has 21 heavy (non-hydrogen) atoms. The largest absolute Gasteiger partial charge is 0.355 e. The molecule has 1 aromatic carbocycles. The van der Waals surface area contributed by atoms with Gasteiger partial charge in [-0.05, 0) is 37.0 Å². The average molecular weight is 311 g/mol. The van der Waals surface area contributed by atoms with Crippen molar-refractivity contribution in [3.05, 3.63) is 29.8 Å². The highest BCUT2D eigenvalue weighted by Gasteiger charge is 2.27. The van der Waals surface area contributed by atoms with Crippen LogP contribution in [-0.2, 0) is 21.2 Å². The Morgan fingerprint density at radius 2 is 1.90 bits per heavy atom. The Balaban J connectivity index is 1.88. The second kappa shape index (κ2) is 7.02. The van der Waals surface area contributed by atoms with Crippen molar-refractivity contribution in [1.82, 2.24) is 10.0 Å². The maximum absolute atomic E-state index is 12.0. The van der Waals surface area contributed by atoms with E-state index in [4.69, 9.17) is 5.73 Å². The zero-order chi connectivity index (χ0) is 15.3. The van der Waals surface area contributed by atoms with Crippen LogP contribution in [0.3, 0.4) is 0 Å². The summed E-state index contributed by atoms with van der Waals surface area (Å²) in [7, 11) is -3.40. The van der Waals surface area contributed by atoms with Crippen molar-refractivity contribution < 1.29 is 13.2 Å². The highest BCUT2D eigenvalue weighted by molar-refractivity contribution is 7.89. The van der Waals surface area contributed by atoms with E-state index in [1.165, 1.54) is 0 Å². The van der Waals surface area contributed by atoms with Crippen LogP contribution in [0.25, 0.3) is 0 Å². The molecule has 1 amide bonds. The lowest BCUT2D eigenvalue weighted by Gasteiger charge is -2.07. The van der Waals surface area contributed by atoms with Crippen LogP contribution in [-0.4, -0.2) is 33.5 Å². The molecule has 0 heterocycles. The highest BCUT2D eigenvalue weighted by atomic mass is 32.2. The highest BCUT2D eigenvalue weighted by Crippen LogP contribution is 2.22. The number of aryl methyl sites for hydroxylation is 1. The van der Waals surface area contributed by atoms with Gasteiger partial charge < -0.3 is 11.1 Å². The summed E-state index contributed by atoms with van der Waals surface area (Å²) in [6.45, 7) is 0.898. The van der Waals surface area contributed by atoms with Gasteiger partial charge in [0.25, 0.3) is 0 Å². The summed E-state index contributed by atoms with van der Waals surface area (Å²) in [5, 5.41) is 2.70. The van der Waals surface area contributed by atoms with Gasteiger partial charge in [0.1, 0.15) is 0 Å². The first-order valence-electron chi connectivity index (χ1n) is 7.09. The number of rotatable bonds is 8. The van der Waals surface area contributed by atoms with E-state index < -0.39 is 10.0 Å².